The van der Waals surface area contributed by atoms with Crippen LogP contribution in [0.5, 0.6) is 11.5 Å². The molecule has 0 amide bonds. The lowest BCUT2D eigenvalue weighted by Gasteiger charge is -2.13. The lowest BCUT2D eigenvalue weighted by molar-refractivity contribution is 0.402. The molecule has 0 heterocycles. The zero-order chi connectivity index (χ0) is 20.1. The summed E-state index contributed by atoms with van der Waals surface area (Å²) in [6.07, 6.45) is 0. The van der Waals surface area contributed by atoms with Crippen LogP contribution in [0.15, 0.2) is 71.6 Å². The second kappa shape index (κ2) is 8.22. The Morgan fingerprint density at radius 1 is 0.750 bits per heavy atom. The van der Waals surface area contributed by atoms with Gasteiger partial charge in [-0.1, -0.05) is 6.07 Å². The van der Waals surface area contributed by atoms with Crippen LogP contribution in [-0.2, 0) is 10.0 Å². The standard InChI is InChI=1S/C21H22N2O4S/c1-15-4-13-20(27-3)21(14-15)28(24,25)23-18-7-5-16(6-8-18)22-17-9-11-19(26-2)12-10-17/h4-14,22-23H,1-3H3. The van der Waals surface area contributed by atoms with E-state index in [2.05, 4.69) is 10.0 Å². The highest BCUT2D eigenvalue weighted by atomic mass is 32.2. The number of hydrogen-bond acceptors (Lipinski definition) is 5. The van der Waals surface area contributed by atoms with Crippen LogP contribution >= 0.6 is 0 Å². The molecule has 2 N–H and O–H groups in total. The fraction of sp³-hybridized carbons (Fsp3) is 0.143. The molecule has 6 nitrogen and oxygen atoms in total. The van der Waals surface area contributed by atoms with E-state index in [0.29, 0.717) is 11.4 Å². The minimum absolute atomic E-state index is 0.107. The van der Waals surface area contributed by atoms with Crippen LogP contribution in [0.4, 0.5) is 17.1 Å². The third-order valence-corrected chi connectivity index (χ3v) is 5.53. The lowest BCUT2D eigenvalue weighted by atomic mass is 10.2. The quantitative estimate of drug-likeness (QED) is 0.610. The van der Waals surface area contributed by atoms with Crippen molar-refractivity contribution in [1.29, 1.82) is 0 Å². The molecule has 28 heavy (non-hydrogen) atoms. The summed E-state index contributed by atoms with van der Waals surface area (Å²) >= 11 is 0. The van der Waals surface area contributed by atoms with Gasteiger partial charge in [0.15, 0.2) is 0 Å². The molecule has 0 saturated heterocycles. The molecule has 0 radical (unpaired) electrons. The minimum Gasteiger partial charge on any atom is -0.497 e. The smallest absolute Gasteiger partial charge is 0.265 e. The summed E-state index contributed by atoms with van der Waals surface area (Å²) in [6, 6.07) is 19.6. The molecule has 0 aliphatic rings. The molecule has 0 unspecified atom stereocenters. The summed E-state index contributed by atoms with van der Waals surface area (Å²) in [5.74, 6) is 1.08. The molecule has 7 heteroatoms. The lowest BCUT2D eigenvalue weighted by Crippen LogP contribution is -2.14. The molecule has 146 valence electrons. The van der Waals surface area contributed by atoms with Gasteiger partial charge in [-0.15, -0.1) is 0 Å². The second-order valence-electron chi connectivity index (χ2n) is 6.19. The molecule has 0 fully saturated rings. The predicted octanol–water partition coefficient (Wildman–Crippen LogP) is 4.56. The fourth-order valence-electron chi connectivity index (χ4n) is 2.67. The molecule has 3 aromatic rings. The van der Waals surface area contributed by atoms with Gasteiger partial charge >= 0.3 is 0 Å². The van der Waals surface area contributed by atoms with Crippen molar-refractivity contribution < 1.29 is 17.9 Å². The maximum atomic E-state index is 12.8. The topological polar surface area (TPSA) is 76.7 Å². The number of benzene rings is 3. The first-order chi connectivity index (χ1) is 13.4. The highest BCUT2D eigenvalue weighted by Gasteiger charge is 2.19. The Bertz CT molecular complexity index is 1050. The molecule has 0 aromatic heterocycles. The van der Waals surface area contributed by atoms with E-state index in [1.807, 2.05) is 31.2 Å². The van der Waals surface area contributed by atoms with Crippen LogP contribution in [0, 0.1) is 6.92 Å². The van der Waals surface area contributed by atoms with Crippen LogP contribution in [0.25, 0.3) is 0 Å². The van der Waals surface area contributed by atoms with E-state index in [1.165, 1.54) is 7.11 Å². The molecule has 3 aromatic carbocycles. The van der Waals surface area contributed by atoms with E-state index in [9.17, 15) is 8.42 Å². The van der Waals surface area contributed by atoms with E-state index in [0.717, 1.165) is 22.7 Å². The Morgan fingerprint density at radius 3 is 1.89 bits per heavy atom. The van der Waals surface area contributed by atoms with Gasteiger partial charge in [0.2, 0.25) is 0 Å². The third-order valence-electron chi connectivity index (χ3n) is 4.12. The van der Waals surface area contributed by atoms with Gasteiger partial charge < -0.3 is 14.8 Å². The van der Waals surface area contributed by atoms with Crippen LogP contribution in [0.2, 0.25) is 0 Å². The third kappa shape index (κ3) is 4.55. The van der Waals surface area contributed by atoms with Crippen molar-refractivity contribution in [3.8, 4) is 11.5 Å². The summed E-state index contributed by atoms with van der Waals surface area (Å²) in [6.45, 7) is 1.83. The number of hydrogen-bond donors (Lipinski definition) is 2. The van der Waals surface area contributed by atoms with Gasteiger partial charge in [0.25, 0.3) is 10.0 Å². The average Bonchev–Trinajstić information content (AvgIpc) is 2.70. The molecule has 0 bridgehead atoms. The highest BCUT2D eigenvalue weighted by Crippen LogP contribution is 2.27. The van der Waals surface area contributed by atoms with Gasteiger partial charge in [0, 0.05) is 17.1 Å². The maximum Gasteiger partial charge on any atom is 0.265 e. The van der Waals surface area contributed by atoms with Crippen molar-refractivity contribution >= 4 is 27.1 Å². The number of aryl methyl sites for hydroxylation is 1. The zero-order valence-electron chi connectivity index (χ0n) is 15.9. The molecule has 0 atom stereocenters. The van der Waals surface area contributed by atoms with Crippen LogP contribution in [-0.4, -0.2) is 22.6 Å². The zero-order valence-corrected chi connectivity index (χ0v) is 16.7. The highest BCUT2D eigenvalue weighted by molar-refractivity contribution is 7.92. The van der Waals surface area contributed by atoms with Gasteiger partial charge in [-0.2, -0.15) is 0 Å². The summed E-state index contributed by atoms with van der Waals surface area (Å²) in [4.78, 5) is 0.107. The molecular formula is C21H22N2O4S. The van der Waals surface area contributed by atoms with Gasteiger partial charge in [0.05, 0.1) is 14.2 Å². The number of rotatable bonds is 7. The van der Waals surface area contributed by atoms with Crippen LogP contribution in [0.1, 0.15) is 5.56 Å². The normalized spacial score (nSPS) is 11.0. The summed E-state index contributed by atoms with van der Waals surface area (Å²) < 4.78 is 38.4. The molecule has 0 aliphatic heterocycles. The summed E-state index contributed by atoms with van der Waals surface area (Å²) in [7, 11) is -0.700. The van der Waals surface area contributed by atoms with E-state index in [1.54, 1.807) is 49.6 Å². The van der Waals surface area contributed by atoms with Gasteiger partial charge in [-0.3, -0.25) is 4.72 Å². The Morgan fingerprint density at radius 2 is 1.32 bits per heavy atom. The fourth-order valence-corrected chi connectivity index (χ4v) is 3.98. The Kier molecular flexibility index (Phi) is 5.75. The van der Waals surface area contributed by atoms with E-state index in [4.69, 9.17) is 9.47 Å². The number of ether oxygens (including phenoxy) is 2. The monoisotopic (exact) mass is 398 g/mol. The van der Waals surface area contributed by atoms with Gasteiger partial charge in [-0.05, 0) is 73.2 Å². The Balaban J connectivity index is 1.75. The molecule has 3 rings (SSSR count). The van der Waals surface area contributed by atoms with Crippen molar-refractivity contribution in [2.24, 2.45) is 0 Å². The van der Waals surface area contributed by atoms with Crippen molar-refractivity contribution in [2.75, 3.05) is 24.3 Å². The van der Waals surface area contributed by atoms with Crippen molar-refractivity contribution in [2.45, 2.75) is 11.8 Å². The van der Waals surface area contributed by atoms with Gasteiger partial charge in [-0.25, -0.2) is 8.42 Å². The first kappa shape index (κ1) is 19.6. The predicted molar refractivity (Wildman–Crippen MR) is 111 cm³/mol. The number of nitrogens with one attached hydrogen (secondary N) is 2. The molecule has 0 aliphatic carbocycles. The van der Waals surface area contributed by atoms with E-state index in [-0.39, 0.29) is 4.90 Å². The molecule has 0 spiro atoms. The SMILES string of the molecule is COc1ccc(Nc2ccc(NS(=O)(=O)c3cc(C)ccc3OC)cc2)cc1. The van der Waals surface area contributed by atoms with Crippen LogP contribution in [0.3, 0.4) is 0 Å². The summed E-state index contributed by atoms with van der Waals surface area (Å²) in [5.41, 5.74) is 3.03. The van der Waals surface area contributed by atoms with Crippen LogP contribution < -0.4 is 19.5 Å². The number of anilines is 3. The minimum atomic E-state index is -3.77. The summed E-state index contributed by atoms with van der Waals surface area (Å²) in [5, 5.41) is 3.25. The van der Waals surface area contributed by atoms with Crippen molar-refractivity contribution in [3.05, 3.63) is 72.3 Å². The first-order valence-corrected chi connectivity index (χ1v) is 10.1. The Hall–Kier alpha value is -3.19. The molecular weight excluding hydrogens is 376 g/mol. The number of methoxy groups -OCH3 is 2. The van der Waals surface area contributed by atoms with Crippen molar-refractivity contribution in [1.82, 2.24) is 0 Å². The van der Waals surface area contributed by atoms with Gasteiger partial charge in [0.1, 0.15) is 16.4 Å². The number of sulfonamides is 1. The largest absolute Gasteiger partial charge is 0.497 e. The average molecular weight is 398 g/mol. The maximum absolute atomic E-state index is 12.8. The molecule has 0 saturated carbocycles. The van der Waals surface area contributed by atoms with E-state index < -0.39 is 10.0 Å². The van der Waals surface area contributed by atoms with Crippen molar-refractivity contribution in [3.63, 3.8) is 0 Å². The Labute approximate surface area is 165 Å². The second-order valence-corrected chi connectivity index (χ2v) is 7.84. The van der Waals surface area contributed by atoms with E-state index >= 15 is 0 Å². The first-order valence-electron chi connectivity index (χ1n) is 8.60.